The highest BCUT2D eigenvalue weighted by molar-refractivity contribution is 7.16. The second kappa shape index (κ2) is 4.83. The molecule has 18 heavy (non-hydrogen) atoms. The van der Waals surface area contributed by atoms with Crippen molar-refractivity contribution in [3.8, 4) is 0 Å². The van der Waals surface area contributed by atoms with Crippen LogP contribution in [0.5, 0.6) is 0 Å². The van der Waals surface area contributed by atoms with E-state index in [9.17, 15) is 4.79 Å². The van der Waals surface area contributed by atoms with Crippen molar-refractivity contribution < 1.29 is 9.53 Å². The molecule has 0 spiro atoms. The molecule has 0 saturated carbocycles. The third kappa shape index (κ3) is 2.25. The van der Waals surface area contributed by atoms with Gasteiger partial charge in [0.15, 0.2) is 0 Å². The fourth-order valence-corrected chi connectivity index (χ4v) is 2.74. The summed E-state index contributed by atoms with van der Waals surface area (Å²) in [5.41, 5.74) is 4.93. The smallest absolute Gasteiger partial charge is 0.338 e. The number of aromatic nitrogens is 2. The lowest BCUT2D eigenvalue weighted by Gasteiger charge is -2.02. The van der Waals surface area contributed by atoms with E-state index in [1.54, 1.807) is 23.3 Å². The van der Waals surface area contributed by atoms with Gasteiger partial charge in [-0.2, -0.15) is 0 Å². The van der Waals surface area contributed by atoms with Crippen molar-refractivity contribution in [3.05, 3.63) is 45.9 Å². The number of fused-ring (bicyclic) bond motifs is 1. The van der Waals surface area contributed by atoms with Crippen molar-refractivity contribution in [2.45, 2.75) is 6.61 Å². The molecule has 6 heteroatoms. The number of rotatable bonds is 3. The highest BCUT2D eigenvalue weighted by atomic mass is 32.1. The van der Waals surface area contributed by atoms with E-state index in [0.29, 0.717) is 5.56 Å². The van der Waals surface area contributed by atoms with Crippen LogP contribution < -0.4 is 0 Å². The maximum Gasteiger partial charge on any atom is 0.338 e. The second-order valence-electron chi connectivity index (χ2n) is 3.58. The van der Waals surface area contributed by atoms with E-state index in [4.69, 9.17) is 4.74 Å². The van der Waals surface area contributed by atoms with Crippen LogP contribution in [0, 0.1) is 0 Å². The normalized spacial score (nSPS) is 10.7. The molecular formula is C12H8N2O2S2. The van der Waals surface area contributed by atoms with Gasteiger partial charge in [0.25, 0.3) is 0 Å². The molecule has 0 atom stereocenters. The Morgan fingerprint density at radius 3 is 3.06 bits per heavy atom. The molecule has 3 rings (SSSR count). The summed E-state index contributed by atoms with van der Waals surface area (Å²) in [5, 5.41) is 0. The van der Waals surface area contributed by atoms with Gasteiger partial charge in [-0.25, -0.2) is 9.78 Å². The molecule has 2 aromatic heterocycles. The van der Waals surface area contributed by atoms with E-state index in [-0.39, 0.29) is 12.6 Å². The summed E-state index contributed by atoms with van der Waals surface area (Å²) in [6, 6.07) is 5.37. The van der Waals surface area contributed by atoms with Crippen LogP contribution in [0.25, 0.3) is 10.2 Å². The molecule has 0 radical (unpaired) electrons. The zero-order chi connectivity index (χ0) is 12.4. The SMILES string of the molecule is O=C(OCc1cncs1)c1ccc2ncsc2c1. The van der Waals surface area contributed by atoms with Gasteiger partial charge in [0, 0.05) is 6.20 Å². The molecule has 0 fully saturated rings. The highest BCUT2D eigenvalue weighted by Gasteiger charge is 2.09. The van der Waals surface area contributed by atoms with Crippen molar-refractivity contribution in [1.29, 1.82) is 0 Å². The van der Waals surface area contributed by atoms with E-state index >= 15 is 0 Å². The van der Waals surface area contributed by atoms with E-state index < -0.39 is 0 Å². The summed E-state index contributed by atoms with van der Waals surface area (Å²) in [5.74, 6) is -0.321. The number of esters is 1. The van der Waals surface area contributed by atoms with Gasteiger partial charge in [0.1, 0.15) is 6.61 Å². The molecule has 3 aromatic rings. The fourth-order valence-electron chi connectivity index (χ4n) is 1.52. The van der Waals surface area contributed by atoms with Crippen LogP contribution in [-0.2, 0) is 11.3 Å². The van der Waals surface area contributed by atoms with Gasteiger partial charge in [-0.1, -0.05) is 0 Å². The Labute approximate surface area is 111 Å². The average Bonchev–Trinajstić information content (AvgIpc) is 3.05. The topological polar surface area (TPSA) is 52.1 Å². The Morgan fingerprint density at radius 1 is 1.28 bits per heavy atom. The Bertz CT molecular complexity index is 676. The predicted molar refractivity (Wildman–Crippen MR) is 70.9 cm³/mol. The number of benzene rings is 1. The lowest BCUT2D eigenvalue weighted by atomic mass is 10.2. The van der Waals surface area contributed by atoms with Crippen LogP contribution in [0.15, 0.2) is 35.4 Å². The number of hydrogen-bond donors (Lipinski definition) is 0. The van der Waals surface area contributed by atoms with E-state index in [1.165, 1.54) is 22.7 Å². The van der Waals surface area contributed by atoms with Gasteiger partial charge in [-0.3, -0.25) is 4.98 Å². The first-order valence-corrected chi connectivity index (χ1v) is 6.96. The first kappa shape index (κ1) is 11.3. The Hall–Kier alpha value is -1.79. The zero-order valence-corrected chi connectivity index (χ0v) is 10.8. The van der Waals surface area contributed by atoms with Gasteiger partial charge < -0.3 is 4.74 Å². The second-order valence-corrected chi connectivity index (χ2v) is 5.44. The molecule has 0 aliphatic carbocycles. The molecule has 0 amide bonds. The Kier molecular flexibility index (Phi) is 3.04. The summed E-state index contributed by atoms with van der Waals surface area (Å²) in [7, 11) is 0. The molecule has 0 aliphatic rings. The quantitative estimate of drug-likeness (QED) is 0.690. The van der Waals surface area contributed by atoms with Gasteiger partial charge in [-0.05, 0) is 18.2 Å². The monoisotopic (exact) mass is 276 g/mol. The average molecular weight is 276 g/mol. The van der Waals surface area contributed by atoms with Crippen molar-refractivity contribution in [2.75, 3.05) is 0 Å². The first-order chi connectivity index (χ1) is 8.83. The minimum atomic E-state index is -0.321. The standard InChI is InChI=1S/C12H8N2O2S2/c15-12(16-5-9-4-13-6-17-9)8-1-2-10-11(3-8)18-7-14-10/h1-4,6-7H,5H2. The maximum atomic E-state index is 11.9. The number of carbonyl (C=O) groups excluding carboxylic acids is 1. The number of thiazole rings is 2. The number of ether oxygens (including phenoxy) is 1. The summed E-state index contributed by atoms with van der Waals surface area (Å²) in [4.78, 5) is 20.9. The van der Waals surface area contributed by atoms with Crippen LogP contribution in [0.3, 0.4) is 0 Å². The van der Waals surface area contributed by atoms with Gasteiger partial charge in [0.2, 0.25) is 0 Å². The number of hydrogen-bond acceptors (Lipinski definition) is 6. The minimum absolute atomic E-state index is 0.268. The molecule has 0 saturated heterocycles. The predicted octanol–water partition coefficient (Wildman–Crippen LogP) is 3.11. The number of carbonyl (C=O) groups is 1. The van der Waals surface area contributed by atoms with Crippen molar-refractivity contribution in [3.63, 3.8) is 0 Å². The van der Waals surface area contributed by atoms with Crippen LogP contribution >= 0.6 is 22.7 Å². The van der Waals surface area contributed by atoms with E-state index in [1.807, 2.05) is 12.1 Å². The molecule has 4 nitrogen and oxygen atoms in total. The Balaban J connectivity index is 1.75. The summed E-state index contributed by atoms with van der Waals surface area (Å²) >= 11 is 2.98. The zero-order valence-electron chi connectivity index (χ0n) is 9.20. The molecule has 1 aromatic carbocycles. The molecule has 2 heterocycles. The third-order valence-electron chi connectivity index (χ3n) is 2.40. The highest BCUT2D eigenvalue weighted by Crippen LogP contribution is 2.20. The van der Waals surface area contributed by atoms with E-state index in [0.717, 1.165) is 15.1 Å². The van der Waals surface area contributed by atoms with Gasteiger partial charge in [-0.15, -0.1) is 22.7 Å². The summed E-state index contributed by atoms with van der Waals surface area (Å²) in [6.07, 6.45) is 1.70. The summed E-state index contributed by atoms with van der Waals surface area (Å²) < 4.78 is 6.20. The minimum Gasteiger partial charge on any atom is -0.456 e. The fraction of sp³-hybridized carbons (Fsp3) is 0.0833. The van der Waals surface area contributed by atoms with Crippen LogP contribution in [0.1, 0.15) is 15.2 Å². The van der Waals surface area contributed by atoms with Crippen LogP contribution in [0.2, 0.25) is 0 Å². The molecule has 0 N–H and O–H groups in total. The lowest BCUT2D eigenvalue weighted by Crippen LogP contribution is -2.04. The van der Waals surface area contributed by atoms with Gasteiger partial charge >= 0.3 is 5.97 Å². The molecule has 0 aliphatic heterocycles. The maximum absolute atomic E-state index is 11.9. The first-order valence-electron chi connectivity index (χ1n) is 5.21. The van der Waals surface area contributed by atoms with Crippen LogP contribution in [-0.4, -0.2) is 15.9 Å². The van der Waals surface area contributed by atoms with Gasteiger partial charge in [0.05, 0.1) is 31.7 Å². The molecular weight excluding hydrogens is 268 g/mol. The van der Waals surface area contributed by atoms with Crippen molar-refractivity contribution in [1.82, 2.24) is 9.97 Å². The van der Waals surface area contributed by atoms with E-state index in [2.05, 4.69) is 9.97 Å². The van der Waals surface area contributed by atoms with Crippen molar-refractivity contribution >= 4 is 38.9 Å². The largest absolute Gasteiger partial charge is 0.456 e. The Morgan fingerprint density at radius 2 is 2.22 bits per heavy atom. The number of nitrogens with zero attached hydrogens (tertiary/aromatic N) is 2. The molecule has 90 valence electrons. The van der Waals surface area contributed by atoms with Crippen LogP contribution in [0.4, 0.5) is 0 Å². The lowest BCUT2D eigenvalue weighted by molar-refractivity contribution is 0.0477. The van der Waals surface area contributed by atoms with Crippen molar-refractivity contribution in [2.24, 2.45) is 0 Å². The summed E-state index contributed by atoms with van der Waals surface area (Å²) in [6.45, 7) is 0.268. The molecule has 0 unspecified atom stereocenters. The molecule has 0 bridgehead atoms. The third-order valence-corrected chi connectivity index (χ3v) is 3.94.